The lowest BCUT2D eigenvalue weighted by Gasteiger charge is -2.50. The molecular weight excluding hydrogens is 462 g/mol. The summed E-state index contributed by atoms with van der Waals surface area (Å²) in [6.07, 6.45) is 5.12. The second-order valence-corrected chi connectivity index (χ2v) is 13.2. The van der Waals surface area contributed by atoms with Gasteiger partial charge in [0.25, 0.3) is 0 Å². The fourth-order valence-electron chi connectivity index (χ4n) is 6.20. The van der Waals surface area contributed by atoms with Gasteiger partial charge in [0.2, 0.25) is 21.8 Å². The zero-order chi connectivity index (χ0) is 25.2. The van der Waals surface area contributed by atoms with Crippen molar-refractivity contribution >= 4 is 21.8 Å². The Hall–Kier alpha value is -1.93. The first-order valence-corrected chi connectivity index (χ1v) is 14.7. The number of hydrogen-bond acceptors (Lipinski definition) is 4. The molecule has 3 heterocycles. The summed E-state index contributed by atoms with van der Waals surface area (Å²) in [6.45, 7) is 7.89. The van der Waals surface area contributed by atoms with E-state index in [0.29, 0.717) is 49.7 Å². The van der Waals surface area contributed by atoms with E-state index in [9.17, 15) is 18.0 Å². The lowest BCUT2D eigenvalue weighted by atomic mass is 9.78. The number of carbonyl (C=O) groups excluding carboxylic acids is 2. The Labute approximate surface area is 210 Å². The molecular formula is C27H41N3O4S. The molecule has 3 saturated heterocycles. The third-order valence-electron chi connectivity index (χ3n) is 8.19. The van der Waals surface area contributed by atoms with Crippen molar-refractivity contribution in [1.82, 2.24) is 14.5 Å². The second kappa shape index (κ2) is 11.0. The van der Waals surface area contributed by atoms with Crippen molar-refractivity contribution in [3.05, 3.63) is 30.3 Å². The quantitative estimate of drug-likeness (QED) is 0.682. The van der Waals surface area contributed by atoms with Crippen LogP contribution in [0, 0.1) is 23.7 Å². The Morgan fingerprint density at radius 3 is 2.46 bits per heavy atom. The number of carbonyl (C=O) groups is 2. The first kappa shape index (κ1) is 26.1. The van der Waals surface area contributed by atoms with Gasteiger partial charge in [0, 0.05) is 44.6 Å². The van der Waals surface area contributed by atoms with Crippen LogP contribution in [0.1, 0.15) is 65.7 Å². The fraction of sp³-hybridized carbons (Fsp3) is 0.704. The Bertz CT molecular complexity index is 997. The molecule has 2 bridgehead atoms. The summed E-state index contributed by atoms with van der Waals surface area (Å²) in [5, 5.41) is 3.22. The molecule has 35 heavy (non-hydrogen) atoms. The third kappa shape index (κ3) is 6.08. The van der Waals surface area contributed by atoms with Gasteiger partial charge in [-0.25, -0.2) is 8.42 Å². The molecule has 2 amide bonds. The summed E-state index contributed by atoms with van der Waals surface area (Å²) >= 11 is 0. The van der Waals surface area contributed by atoms with Crippen LogP contribution < -0.4 is 5.32 Å². The van der Waals surface area contributed by atoms with Crippen molar-refractivity contribution in [1.29, 1.82) is 0 Å². The van der Waals surface area contributed by atoms with Crippen molar-refractivity contribution in [2.75, 3.05) is 19.6 Å². The standard InChI is InChI=1S/C27H41N3O4S/c1-19(2)24-13-12-20(3)14-27(32)30-17-21-15-22(25(30)10-7-11-26(31)28-24)18-29(16-21)35(33,34)23-8-5-4-6-9-23/h4-6,8-9,19-22,24-25H,7,10-18H2,1-3H3,(H,28,31)/t20-,21+,22+,24+,25+/m1/s1. The maximum atomic E-state index is 13.5. The molecule has 0 unspecified atom stereocenters. The van der Waals surface area contributed by atoms with Crippen molar-refractivity contribution in [3.63, 3.8) is 0 Å². The van der Waals surface area contributed by atoms with Gasteiger partial charge in [-0.15, -0.1) is 0 Å². The molecule has 7 nitrogen and oxygen atoms in total. The summed E-state index contributed by atoms with van der Waals surface area (Å²) in [7, 11) is -3.57. The molecule has 1 N–H and O–H groups in total. The van der Waals surface area contributed by atoms with E-state index in [0.717, 1.165) is 25.7 Å². The van der Waals surface area contributed by atoms with Gasteiger partial charge in [0.05, 0.1) is 4.90 Å². The Kier molecular flexibility index (Phi) is 8.21. The second-order valence-electron chi connectivity index (χ2n) is 11.3. The molecule has 0 aliphatic carbocycles. The SMILES string of the molecule is CC(C)[C@@H]1CC[C@@H](C)CC(=O)N2C[C@H]3C[C@@H](CN(S(=O)(=O)c4ccccc4)C3)[C@@H]2CCCC(=O)N1. The van der Waals surface area contributed by atoms with E-state index in [-0.39, 0.29) is 41.7 Å². The van der Waals surface area contributed by atoms with Crippen LogP contribution in [0.3, 0.4) is 0 Å². The highest BCUT2D eigenvalue weighted by Crippen LogP contribution is 2.38. The van der Waals surface area contributed by atoms with Crippen molar-refractivity contribution in [2.45, 2.75) is 82.7 Å². The van der Waals surface area contributed by atoms with E-state index in [4.69, 9.17) is 0 Å². The third-order valence-corrected chi connectivity index (χ3v) is 10.0. The first-order valence-electron chi connectivity index (χ1n) is 13.3. The molecule has 1 aromatic rings. The minimum atomic E-state index is -3.57. The average Bonchev–Trinajstić information content (AvgIpc) is 2.83. The summed E-state index contributed by atoms with van der Waals surface area (Å²) in [5.41, 5.74) is 0. The van der Waals surface area contributed by atoms with E-state index in [2.05, 4.69) is 31.0 Å². The van der Waals surface area contributed by atoms with Gasteiger partial charge in [-0.2, -0.15) is 4.31 Å². The van der Waals surface area contributed by atoms with E-state index < -0.39 is 10.0 Å². The topological polar surface area (TPSA) is 86.8 Å². The van der Waals surface area contributed by atoms with Gasteiger partial charge in [0.15, 0.2) is 0 Å². The minimum absolute atomic E-state index is 0.0193. The number of nitrogens with zero attached hydrogens (tertiary/aromatic N) is 2. The Balaban J connectivity index is 1.54. The molecule has 0 spiro atoms. The molecule has 3 aliphatic heterocycles. The molecule has 194 valence electrons. The van der Waals surface area contributed by atoms with Crippen molar-refractivity contribution in [2.24, 2.45) is 23.7 Å². The number of nitrogens with one attached hydrogen (secondary N) is 1. The maximum absolute atomic E-state index is 13.5. The summed E-state index contributed by atoms with van der Waals surface area (Å²) in [5.74, 6) is 1.12. The Morgan fingerprint density at radius 2 is 1.74 bits per heavy atom. The molecule has 4 rings (SSSR count). The number of hydrogen-bond donors (Lipinski definition) is 1. The molecule has 3 aliphatic rings. The smallest absolute Gasteiger partial charge is 0.243 e. The van der Waals surface area contributed by atoms with Crippen LogP contribution in [0.4, 0.5) is 0 Å². The monoisotopic (exact) mass is 503 g/mol. The van der Waals surface area contributed by atoms with Crippen LogP contribution in [0.25, 0.3) is 0 Å². The molecule has 0 radical (unpaired) electrons. The van der Waals surface area contributed by atoms with Crippen molar-refractivity contribution < 1.29 is 18.0 Å². The van der Waals surface area contributed by atoms with Gasteiger partial charge >= 0.3 is 0 Å². The van der Waals surface area contributed by atoms with E-state index >= 15 is 0 Å². The lowest BCUT2D eigenvalue weighted by Crippen LogP contribution is -2.60. The largest absolute Gasteiger partial charge is 0.353 e. The van der Waals surface area contributed by atoms with E-state index in [1.165, 1.54) is 0 Å². The number of amides is 2. The summed E-state index contributed by atoms with van der Waals surface area (Å²) in [4.78, 5) is 28.5. The average molecular weight is 504 g/mol. The van der Waals surface area contributed by atoms with Crippen LogP contribution in [0.5, 0.6) is 0 Å². The maximum Gasteiger partial charge on any atom is 0.243 e. The molecule has 8 heteroatoms. The summed E-state index contributed by atoms with van der Waals surface area (Å²) in [6, 6.07) is 8.75. The van der Waals surface area contributed by atoms with Crippen LogP contribution >= 0.6 is 0 Å². The van der Waals surface area contributed by atoms with Crippen molar-refractivity contribution in [3.8, 4) is 0 Å². The fourth-order valence-corrected chi connectivity index (χ4v) is 7.79. The van der Waals surface area contributed by atoms with Gasteiger partial charge in [0.1, 0.15) is 0 Å². The lowest BCUT2D eigenvalue weighted by molar-refractivity contribution is -0.141. The van der Waals surface area contributed by atoms with Crippen LogP contribution in [0.2, 0.25) is 0 Å². The number of rotatable bonds is 3. The first-order chi connectivity index (χ1) is 16.6. The zero-order valence-electron chi connectivity index (χ0n) is 21.4. The molecule has 5 atom stereocenters. The molecule has 3 fully saturated rings. The normalized spacial score (nSPS) is 31.7. The predicted molar refractivity (Wildman–Crippen MR) is 136 cm³/mol. The highest BCUT2D eigenvalue weighted by atomic mass is 32.2. The van der Waals surface area contributed by atoms with Gasteiger partial charge in [-0.05, 0) is 67.9 Å². The number of piperidine rings is 2. The number of benzene rings is 1. The number of fused-ring (bicyclic) bond motifs is 4. The van der Waals surface area contributed by atoms with Gasteiger partial charge < -0.3 is 10.2 Å². The van der Waals surface area contributed by atoms with Crippen LogP contribution in [0.15, 0.2) is 35.2 Å². The highest BCUT2D eigenvalue weighted by molar-refractivity contribution is 7.89. The van der Waals surface area contributed by atoms with Gasteiger partial charge in [-0.1, -0.05) is 39.0 Å². The zero-order valence-corrected chi connectivity index (χ0v) is 22.2. The Morgan fingerprint density at radius 1 is 1.00 bits per heavy atom. The van der Waals surface area contributed by atoms with Gasteiger partial charge in [-0.3, -0.25) is 9.59 Å². The minimum Gasteiger partial charge on any atom is -0.353 e. The number of sulfonamides is 1. The van der Waals surface area contributed by atoms with Crippen LogP contribution in [-0.2, 0) is 19.6 Å². The molecule has 0 aromatic heterocycles. The van der Waals surface area contributed by atoms with Crippen LogP contribution in [-0.4, -0.2) is 61.2 Å². The van der Waals surface area contributed by atoms with E-state index in [1.807, 2.05) is 6.07 Å². The molecule has 0 saturated carbocycles. The highest BCUT2D eigenvalue weighted by Gasteiger charge is 2.45. The molecule has 1 aromatic carbocycles. The van der Waals surface area contributed by atoms with E-state index in [1.54, 1.807) is 28.6 Å². The predicted octanol–water partition coefficient (Wildman–Crippen LogP) is 3.66. The summed E-state index contributed by atoms with van der Waals surface area (Å²) < 4.78 is 28.3.